The number of hydrogen-bond acceptors (Lipinski definition) is 4. The molecule has 0 unspecified atom stereocenters. The Kier molecular flexibility index (Phi) is 10.6. The third-order valence-electron chi connectivity index (χ3n) is 4.57. The number of carbonyl (C=O) groups is 1. The number of benzene rings is 2. The van der Waals surface area contributed by atoms with Crippen LogP contribution in [0.2, 0.25) is 0 Å². The third kappa shape index (κ3) is 7.60. The molecule has 3 aromatic rings. The molecule has 0 aliphatic carbocycles. The number of hydrogen-bond donors (Lipinski definition) is 3. The monoisotopic (exact) mass is 548 g/mol. The van der Waals surface area contributed by atoms with Crippen molar-refractivity contribution in [2.75, 3.05) is 25.5 Å². The van der Waals surface area contributed by atoms with E-state index in [4.69, 9.17) is 9.15 Å². The Balaban J connectivity index is 0.00000363. The number of para-hydroxylation sites is 1. The highest BCUT2D eigenvalue weighted by Gasteiger charge is 2.09. The SMILES string of the molecule is CCNC(=NCc1cccc(NC(=O)c2ccco2)c1)NCCc1ccccc1OC.I. The number of methoxy groups -OCH3 is 1. The van der Waals surface area contributed by atoms with Crippen molar-refractivity contribution in [1.29, 1.82) is 0 Å². The smallest absolute Gasteiger partial charge is 0.291 e. The lowest BCUT2D eigenvalue weighted by molar-refractivity contribution is 0.0996. The molecule has 170 valence electrons. The van der Waals surface area contributed by atoms with E-state index in [1.165, 1.54) is 6.26 Å². The van der Waals surface area contributed by atoms with Crippen molar-refractivity contribution >= 4 is 41.5 Å². The molecular weight excluding hydrogens is 519 g/mol. The maximum atomic E-state index is 12.2. The molecule has 0 saturated carbocycles. The summed E-state index contributed by atoms with van der Waals surface area (Å²) in [6, 6.07) is 18.9. The van der Waals surface area contributed by atoms with Crippen molar-refractivity contribution in [1.82, 2.24) is 10.6 Å². The van der Waals surface area contributed by atoms with Crippen LogP contribution in [0.25, 0.3) is 0 Å². The van der Waals surface area contributed by atoms with Crippen LogP contribution in [0.5, 0.6) is 5.75 Å². The molecule has 1 amide bonds. The minimum absolute atomic E-state index is 0. The molecule has 0 radical (unpaired) electrons. The van der Waals surface area contributed by atoms with Gasteiger partial charge in [0.05, 0.1) is 19.9 Å². The maximum absolute atomic E-state index is 12.2. The summed E-state index contributed by atoms with van der Waals surface area (Å²) >= 11 is 0. The van der Waals surface area contributed by atoms with Crippen molar-refractivity contribution in [3.8, 4) is 5.75 Å². The van der Waals surface area contributed by atoms with Gasteiger partial charge in [0.25, 0.3) is 5.91 Å². The predicted molar refractivity (Wildman–Crippen MR) is 138 cm³/mol. The van der Waals surface area contributed by atoms with Crippen molar-refractivity contribution < 1.29 is 13.9 Å². The lowest BCUT2D eigenvalue weighted by atomic mass is 10.1. The summed E-state index contributed by atoms with van der Waals surface area (Å²) in [6.45, 7) is 4.00. The standard InChI is InChI=1S/C24H28N4O3.HI/c1-3-25-24(26-14-13-19-9-4-5-11-21(19)30-2)27-17-18-8-6-10-20(16-18)28-23(29)22-12-7-15-31-22;/h4-12,15-16H,3,13-14,17H2,1-2H3,(H,28,29)(H2,25,26,27);1H. The van der Waals surface area contributed by atoms with E-state index in [0.717, 1.165) is 42.3 Å². The number of carbonyl (C=O) groups excluding carboxylic acids is 1. The van der Waals surface area contributed by atoms with Crippen LogP contribution < -0.4 is 20.7 Å². The van der Waals surface area contributed by atoms with Gasteiger partial charge in [-0.15, -0.1) is 24.0 Å². The van der Waals surface area contributed by atoms with Crippen LogP contribution in [0.15, 0.2) is 76.3 Å². The molecule has 8 heteroatoms. The summed E-state index contributed by atoms with van der Waals surface area (Å²) in [4.78, 5) is 16.8. The van der Waals surface area contributed by atoms with Gasteiger partial charge in [-0.2, -0.15) is 0 Å². The van der Waals surface area contributed by atoms with E-state index < -0.39 is 0 Å². The summed E-state index contributed by atoms with van der Waals surface area (Å²) in [5, 5.41) is 9.45. The average Bonchev–Trinajstić information content (AvgIpc) is 3.33. The summed E-state index contributed by atoms with van der Waals surface area (Å²) in [6.07, 6.45) is 2.30. The van der Waals surface area contributed by atoms with E-state index in [9.17, 15) is 4.79 Å². The first-order chi connectivity index (χ1) is 15.2. The summed E-state index contributed by atoms with van der Waals surface area (Å²) in [5.41, 5.74) is 2.83. The number of aliphatic imine (C=N–C) groups is 1. The van der Waals surface area contributed by atoms with Gasteiger partial charge in [-0.1, -0.05) is 30.3 Å². The number of amides is 1. The van der Waals surface area contributed by atoms with Gasteiger partial charge in [0.2, 0.25) is 0 Å². The van der Waals surface area contributed by atoms with Gasteiger partial charge in [-0.25, -0.2) is 4.99 Å². The highest BCUT2D eigenvalue weighted by atomic mass is 127. The third-order valence-corrected chi connectivity index (χ3v) is 4.57. The number of furan rings is 1. The highest BCUT2D eigenvalue weighted by Crippen LogP contribution is 2.17. The molecule has 1 aromatic heterocycles. The Morgan fingerprint density at radius 3 is 2.66 bits per heavy atom. The second-order valence-corrected chi connectivity index (χ2v) is 6.82. The van der Waals surface area contributed by atoms with E-state index >= 15 is 0 Å². The quantitative estimate of drug-likeness (QED) is 0.209. The zero-order chi connectivity index (χ0) is 21.9. The van der Waals surface area contributed by atoms with Crippen LogP contribution in [-0.4, -0.2) is 32.1 Å². The molecule has 32 heavy (non-hydrogen) atoms. The van der Waals surface area contributed by atoms with Crippen LogP contribution >= 0.6 is 24.0 Å². The average molecular weight is 548 g/mol. The van der Waals surface area contributed by atoms with Crippen LogP contribution in [0.1, 0.15) is 28.6 Å². The summed E-state index contributed by atoms with van der Waals surface area (Å²) in [7, 11) is 1.68. The molecule has 7 nitrogen and oxygen atoms in total. The maximum Gasteiger partial charge on any atom is 0.291 e. The number of nitrogens with one attached hydrogen (secondary N) is 3. The first kappa shape index (κ1) is 25.3. The number of halogens is 1. The number of nitrogens with zero attached hydrogens (tertiary/aromatic N) is 1. The molecule has 1 heterocycles. The summed E-state index contributed by atoms with van der Waals surface area (Å²) < 4.78 is 10.5. The highest BCUT2D eigenvalue weighted by molar-refractivity contribution is 14.0. The van der Waals surface area contributed by atoms with Crippen molar-refractivity contribution in [2.45, 2.75) is 19.9 Å². The van der Waals surface area contributed by atoms with E-state index in [2.05, 4.69) is 27.0 Å². The molecule has 0 fully saturated rings. The van der Waals surface area contributed by atoms with Crippen LogP contribution in [0.3, 0.4) is 0 Å². The normalized spacial score (nSPS) is 10.8. The van der Waals surface area contributed by atoms with Crippen LogP contribution in [0.4, 0.5) is 5.69 Å². The second kappa shape index (κ2) is 13.4. The van der Waals surface area contributed by atoms with E-state index in [0.29, 0.717) is 12.2 Å². The molecule has 3 rings (SSSR count). The van der Waals surface area contributed by atoms with Gasteiger partial charge in [-0.05, 0) is 54.8 Å². The molecule has 2 aromatic carbocycles. The Hall–Kier alpha value is -3.01. The van der Waals surface area contributed by atoms with Crippen molar-refractivity contribution in [2.24, 2.45) is 4.99 Å². The number of guanidine groups is 1. The van der Waals surface area contributed by atoms with Crippen LogP contribution in [0, 0.1) is 0 Å². The largest absolute Gasteiger partial charge is 0.496 e. The molecular formula is C24H29IN4O3. The van der Waals surface area contributed by atoms with Gasteiger partial charge in [0.15, 0.2) is 11.7 Å². The fourth-order valence-corrected chi connectivity index (χ4v) is 3.09. The topological polar surface area (TPSA) is 87.9 Å². The van der Waals surface area contributed by atoms with Gasteiger partial charge in [0, 0.05) is 18.8 Å². The molecule has 3 N–H and O–H groups in total. The number of ether oxygens (including phenoxy) is 1. The Labute approximate surface area is 205 Å². The first-order valence-electron chi connectivity index (χ1n) is 10.3. The first-order valence-corrected chi connectivity index (χ1v) is 10.3. The Morgan fingerprint density at radius 1 is 1.06 bits per heavy atom. The molecule has 0 spiro atoms. The minimum Gasteiger partial charge on any atom is -0.496 e. The molecule has 0 saturated heterocycles. The summed E-state index contributed by atoms with van der Waals surface area (Å²) in [5.74, 6) is 1.62. The zero-order valence-electron chi connectivity index (χ0n) is 18.3. The number of anilines is 1. The van der Waals surface area contributed by atoms with Gasteiger partial charge < -0.3 is 25.1 Å². The predicted octanol–water partition coefficient (Wildman–Crippen LogP) is 4.46. The number of rotatable bonds is 9. The van der Waals surface area contributed by atoms with Gasteiger partial charge in [-0.3, -0.25) is 4.79 Å². The molecule has 0 bridgehead atoms. The molecule has 0 atom stereocenters. The van der Waals surface area contributed by atoms with Gasteiger partial charge >= 0.3 is 0 Å². The van der Waals surface area contributed by atoms with E-state index in [-0.39, 0.29) is 35.6 Å². The van der Waals surface area contributed by atoms with Crippen molar-refractivity contribution in [3.63, 3.8) is 0 Å². The lowest BCUT2D eigenvalue weighted by Crippen LogP contribution is -2.38. The molecule has 0 aliphatic rings. The fraction of sp³-hybridized carbons (Fsp3) is 0.250. The van der Waals surface area contributed by atoms with E-state index in [1.54, 1.807) is 19.2 Å². The van der Waals surface area contributed by atoms with Crippen LogP contribution in [-0.2, 0) is 13.0 Å². The Bertz CT molecular complexity index is 1010. The second-order valence-electron chi connectivity index (χ2n) is 6.82. The van der Waals surface area contributed by atoms with Gasteiger partial charge in [0.1, 0.15) is 5.75 Å². The molecule has 0 aliphatic heterocycles. The van der Waals surface area contributed by atoms with Crippen molar-refractivity contribution in [3.05, 3.63) is 83.8 Å². The lowest BCUT2D eigenvalue weighted by Gasteiger charge is -2.13. The zero-order valence-corrected chi connectivity index (χ0v) is 20.6. The van der Waals surface area contributed by atoms with E-state index in [1.807, 2.05) is 49.4 Å². The Morgan fingerprint density at radius 2 is 1.91 bits per heavy atom. The minimum atomic E-state index is -0.281. The fourth-order valence-electron chi connectivity index (χ4n) is 3.09.